The number of methoxy groups -OCH3 is 1. The molecule has 0 spiro atoms. The lowest BCUT2D eigenvalue weighted by Crippen LogP contribution is -2.32. The molecule has 0 fully saturated rings. The summed E-state index contributed by atoms with van der Waals surface area (Å²) in [6.07, 6.45) is 0. The molecule has 0 aliphatic heterocycles. The van der Waals surface area contributed by atoms with Gasteiger partial charge in [0.05, 0.1) is 23.3 Å². The molecule has 0 aliphatic carbocycles. The lowest BCUT2D eigenvalue weighted by molar-refractivity contribution is -0.120. The van der Waals surface area contributed by atoms with E-state index in [1.165, 1.54) is 11.8 Å². The van der Waals surface area contributed by atoms with E-state index in [1.54, 1.807) is 17.7 Å². The molecule has 1 atom stereocenters. The van der Waals surface area contributed by atoms with Crippen molar-refractivity contribution in [3.05, 3.63) is 64.4 Å². The lowest BCUT2D eigenvalue weighted by atomic mass is 10.2. The Bertz CT molecular complexity index is 1080. The fourth-order valence-electron chi connectivity index (χ4n) is 3.05. The second kappa shape index (κ2) is 9.13. The number of carbonyl (C=O) groups excluding carboxylic acids is 1. The number of aromatic nitrogens is 2. The summed E-state index contributed by atoms with van der Waals surface area (Å²) in [7, 11) is 1.61. The summed E-state index contributed by atoms with van der Waals surface area (Å²) in [5.74, 6) is 0.608. The first kappa shape index (κ1) is 20.9. The number of benzene rings is 2. The predicted octanol–water partition coefficient (Wildman–Crippen LogP) is 3.78. The average Bonchev–Trinajstić information content (AvgIpc) is 2.72. The molecule has 0 unspecified atom stereocenters. The van der Waals surface area contributed by atoms with Crippen molar-refractivity contribution in [1.29, 1.82) is 0 Å². The van der Waals surface area contributed by atoms with Crippen LogP contribution in [0.3, 0.4) is 0 Å². The Morgan fingerprint density at radius 2 is 1.83 bits per heavy atom. The molecule has 0 bridgehead atoms. The van der Waals surface area contributed by atoms with Gasteiger partial charge < -0.3 is 10.1 Å². The van der Waals surface area contributed by atoms with E-state index in [0.29, 0.717) is 22.6 Å². The summed E-state index contributed by atoms with van der Waals surface area (Å²) in [4.78, 5) is 30.2. The first-order valence-electron chi connectivity index (χ1n) is 9.50. The highest BCUT2D eigenvalue weighted by Gasteiger charge is 2.20. The Kier molecular flexibility index (Phi) is 6.59. The maximum absolute atomic E-state index is 12.9. The van der Waals surface area contributed by atoms with Crippen LogP contribution in [0, 0.1) is 0 Å². The smallest absolute Gasteiger partial charge is 0.262 e. The minimum absolute atomic E-state index is 0.0639. The summed E-state index contributed by atoms with van der Waals surface area (Å²) in [6.45, 7) is 6.06. The van der Waals surface area contributed by atoms with Gasteiger partial charge in [-0.1, -0.05) is 42.1 Å². The normalized spacial score (nSPS) is 12.2. The first-order valence-corrected chi connectivity index (χ1v) is 10.4. The van der Waals surface area contributed by atoms with Crippen LogP contribution in [-0.4, -0.2) is 27.8 Å². The van der Waals surface area contributed by atoms with E-state index in [4.69, 9.17) is 4.74 Å². The minimum atomic E-state index is -0.414. The van der Waals surface area contributed by atoms with Crippen molar-refractivity contribution in [2.24, 2.45) is 0 Å². The Balaban J connectivity index is 1.80. The second-order valence-corrected chi connectivity index (χ2v) is 8.28. The highest BCUT2D eigenvalue weighted by Crippen LogP contribution is 2.25. The summed E-state index contributed by atoms with van der Waals surface area (Å²) in [6, 6.07) is 14.8. The van der Waals surface area contributed by atoms with Crippen LogP contribution < -0.4 is 15.6 Å². The number of fused-ring (bicyclic) bond motifs is 1. The number of nitrogens with one attached hydrogen (secondary N) is 1. The zero-order valence-electron chi connectivity index (χ0n) is 17.0. The fourth-order valence-corrected chi connectivity index (χ4v) is 4.12. The molecule has 0 saturated carbocycles. The third-order valence-corrected chi connectivity index (χ3v) is 5.66. The third-order valence-electron chi connectivity index (χ3n) is 4.59. The average molecular weight is 412 g/mol. The first-order chi connectivity index (χ1) is 13.9. The largest absolute Gasteiger partial charge is 0.496 e. The van der Waals surface area contributed by atoms with Gasteiger partial charge in [0.25, 0.3) is 5.56 Å². The van der Waals surface area contributed by atoms with E-state index in [2.05, 4.69) is 10.3 Å². The van der Waals surface area contributed by atoms with Gasteiger partial charge in [0.15, 0.2) is 5.16 Å². The van der Waals surface area contributed by atoms with Crippen LogP contribution in [-0.2, 0) is 11.3 Å². The topological polar surface area (TPSA) is 73.2 Å². The molecule has 3 aromatic rings. The number of nitrogens with zero attached hydrogens (tertiary/aromatic N) is 2. The van der Waals surface area contributed by atoms with Gasteiger partial charge in [0.2, 0.25) is 5.91 Å². The van der Waals surface area contributed by atoms with Crippen molar-refractivity contribution in [2.75, 3.05) is 7.11 Å². The summed E-state index contributed by atoms with van der Waals surface area (Å²) in [5.41, 5.74) is 1.46. The number of hydrogen-bond acceptors (Lipinski definition) is 5. The van der Waals surface area contributed by atoms with Gasteiger partial charge in [-0.2, -0.15) is 0 Å². The second-order valence-electron chi connectivity index (χ2n) is 6.97. The van der Waals surface area contributed by atoms with Crippen molar-refractivity contribution in [3.63, 3.8) is 0 Å². The highest BCUT2D eigenvalue weighted by molar-refractivity contribution is 8.00. The quantitative estimate of drug-likeness (QED) is 0.473. The van der Waals surface area contributed by atoms with Crippen molar-refractivity contribution in [2.45, 2.75) is 43.8 Å². The van der Waals surface area contributed by atoms with E-state index in [-0.39, 0.29) is 17.5 Å². The number of para-hydroxylation sites is 2. The molecular formula is C22H25N3O3S. The van der Waals surface area contributed by atoms with Crippen LogP contribution in [0.2, 0.25) is 0 Å². The van der Waals surface area contributed by atoms with Crippen LogP contribution >= 0.6 is 11.8 Å². The molecular weight excluding hydrogens is 386 g/mol. The van der Waals surface area contributed by atoms with E-state index >= 15 is 0 Å². The molecule has 7 heteroatoms. The molecule has 6 nitrogen and oxygen atoms in total. The summed E-state index contributed by atoms with van der Waals surface area (Å²) in [5, 5.41) is 3.65. The van der Waals surface area contributed by atoms with Gasteiger partial charge in [-0.25, -0.2) is 4.98 Å². The monoisotopic (exact) mass is 411 g/mol. The molecule has 29 heavy (non-hydrogen) atoms. The van der Waals surface area contributed by atoms with Gasteiger partial charge in [-0.3, -0.25) is 14.2 Å². The molecule has 3 rings (SSSR count). The van der Waals surface area contributed by atoms with Crippen LogP contribution in [0.15, 0.2) is 58.5 Å². The Morgan fingerprint density at radius 3 is 2.55 bits per heavy atom. The SMILES string of the molecule is COc1ccccc1CNC(=O)[C@@H](C)Sc1nc2ccccc2c(=O)n1C(C)C. The molecule has 0 radical (unpaired) electrons. The van der Waals surface area contributed by atoms with Crippen molar-refractivity contribution >= 4 is 28.6 Å². The number of thioether (sulfide) groups is 1. The number of carbonyl (C=O) groups is 1. The molecule has 1 N–H and O–H groups in total. The number of rotatable bonds is 7. The van der Waals surface area contributed by atoms with Crippen molar-refractivity contribution < 1.29 is 9.53 Å². The summed E-state index contributed by atoms with van der Waals surface area (Å²) >= 11 is 1.29. The maximum Gasteiger partial charge on any atom is 0.262 e. The van der Waals surface area contributed by atoms with E-state index in [9.17, 15) is 9.59 Å². The van der Waals surface area contributed by atoms with E-state index < -0.39 is 5.25 Å². The van der Waals surface area contributed by atoms with Crippen LogP contribution in [0.5, 0.6) is 5.75 Å². The molecule has 1 heterocycles. The predicted molar refractivity (Wildman–Crippen MR) is 117 cm³/mol. The third kappa shape index (κ3) is 4.62. The Morgan fingerprint density at radius 1 is 1.14 bits per heavy atom. The molecule has 0 aliphatic rings. The van der Waals surface area contributed by atoms with Crippen LogP contribution in [0.1, 0.15) is 32.4 Å². The summed E-state index contributed by atoms with van der Waals surface area (Å²) < 4.78 is 6.98. The Labute approximate surface area is 174 Å². The van der Waals surface area contributed by atoms with Crippen LogP contribution in [0.4, 0.5) is 0 Å². The van der Waals surface area contributed by atoms with Gasteiger partial charge in [0.1, 0.15) is 5.75 Å². The number of ether oxygens (including phenoxy) is 1. The lowest BCUT2D eigenvalue weighted by Gasteiger charge is -2.18. The van der Waals surface area contributed by atoms with E-state index in [1.807, 2.05) is 63.2 Å². The molecule has 1 amide bonds. The highest BCUT2D eigenvalue weighted by atomic mass is 32.2. The van der Waals surface area contributed by atoms with Crippen molar-refractivity contribution in [3.8, 4) is 5.75 Å². The van der Waals surface area contributed by atoms with Gasteiger partial charge >= 0.3 is 0 Å². The zero-order chi connectivity index (χ0) is 21.0. The molecule has 2 aromatic carbocycles. The van der Waals surface area contributed by atoms with Crippen molar-refractivity contribution in [1.82, 2.24) is 14.9 Å². The molecule has 152 valence electrons. The standard InChI is InChI=1S/C22H25N3O3S/c1-14(2)25-21(27)17-10-6-7-11-18(17)24-22(25)29-15(3)20(26)23-13-16-9-5-8-12-19(16)28-4/h5-12,14-15H,13H2,1-4H3,(H,23,26)/t15-/m1/s1. The number of hydrogen-bond donors (Lipinski definition) is 1. The maximum atomic E-state index is 12.9. The minimum Gasteiger partial charge on any atom is -0.496 e. The van der Waals surface area contributed by atoms with Gasteiger partial charge in [-0.05, 0) is 39.0 Å². The van der Waals surface area contributed by atoms with E-state index in [0.717, 1.165) is 11.3 Å². The molecule has 0 saturated heterocycles. The van der Waals surface area contributed by atoms with Gasteiger partial charge in [-0.15, -0.1) is 0 Å². The fraction of sp³-hybridized carbons (Fsp3) is 0.318. The Hall–Kier alpha value is -2.80. The number of amides is 1. The van der Waals surface area contributed by atoms with Gasteiger partial charge in [0, 0.05) is 18.2 Å². The van der Waals surface area contributed by atoms with Crippen LogP contribution in [0.25, 0.3) is 10.9 Å². The molecule has 1 aromatic heterocycles. The zero-order valence-corrected chi connectivity index (χ0v) is 17.8.